The predicted octanol–water partition coefficient (Wildman–Crippen LogP) is -1.65. The van der Waals surface area contributed by atoms with Crippen LogP contribution in [0.4, 0.5) is 0 Å². The van der Waals surface area contributed by atoms with Crippen LogP contribution in [0.3, 0.4) is 0 Å². The highest BCUT2D eigenvalue weighted by Crippen LogP contribution is 2.20. The number of carbonyl (C=O) groups excluding carboxylic acids is 1. The molecular formula is C6H12O5. The Morgan fingerprint density at radius 1 is 1.27 bits per heavy atom. The van der Waals surface area contributed by atoms with Gasteiger partial charge in [-0.25, -0.2) is 0 Å². The van der Waals surface area contributed by atoms with Gasteiger partial charge in [-0.05, 0) is 6.42 Å². The van der Waals surface area contributed by atoms with Crippen LogP contribution in [0.15, 0.2) is 0 Å². The number of hydrogen-bond acceptors (Lipinski definition) is 5. The monoisotopic (exact) mass is 164 g/mol. The molecule has 0 bridgehead atoms. The summed E-state index contributed by atoms with van der Waals surface area (Å²) >= 11 is 0. The Hall–Kier alpha value is -0.490. The van der Waals surface area contributed by atoms with E-state index in [0.29, 0.717) is 6.42 Å². The van der Waals surface area contributed by atoms with Crippen LogP contribution in [0.1, 0.15) is 19.8 Å². The molecule has 0 radical (unpaired) electrons. The largest absolute Gasteiger partial charge is 0.375 e. The van der Waals surface area contributed by atoms with Crippen molar-refractivity contribution >= 4 is 6.29 Å². The van der Waals surface area contributed by atoms with Gasteiger partial charge >= 0.3 is 5.97 Å². The number of rotatable bonds is 4. The van der Waals surface area contributed by atoms with Crippen molar-refractivity contribution in [2.24, 2.45) is 0 Å². The lowest BCUT2D eigenvalue weighted by Gasteiger charge is -2.29. The lowest BCUT2D eigenvalue weighted by Crippen LogP contribution is -2.55. The molecule has 0 fully saturated rings. The van der Waals surface area contributed by atoms with E-state index < -0.39 is 11.6 Å². The summed E-state index contributed by atoms with van der Waals surface area (Å²) in [6, 6.07) is 0. The Kier molecular flexibility index (Phi) is 3.13. The van der Waals surface area contributed by atoms with Gasteiger partial charge in [-0.1, -0.05) is 13.3 Å². The van der Waals surface area contributed by atoms with Crippen LogP contribution in [0.2, 0.25) is 0 Å². The van der Waals surface area contributed by atoms with Crippen molar-refractivity contribution in [1.29, 1.82) is 0 Å². The van der Waals surface area contributed by atoms with Crippen LogP contribution in [0.5, 0.6) is 0 Å². The molecule has 4 N–H and O–H groups in total. The highest BCUT2D eigenvalue weighted by Gasteiger charge is 2.46. The molecule has 0 amide bonds. The molecule has 5 nitrogen and oxygen atoms in total. The number of aldehydes is 1. The normalized spacial score (nSPS) is 17.5. The molecule has 5 heteroatoms. The Morgan fingerprint density at radius 3 is 1.82 bits per heavy atom. The maximum atomic E-state index is 10.1. The lowest BCUT2D eigenvalue weighted by atomic mass is 9.97. The van der Waals surface area contributed by atoms with Crippen LogP contribution >= 0.6 is 0 Å². The van der Waals surface area contributed by atoms with Gasteiger partial charge in [0.15, 0.2) is 6.29 Å². The minimum absolute atomic E-state index is 0.0868. The van der Waals surface area contributed by atoms with Crippen molar-refractivity contribution in [2.75, 3.05) is 0 Å². The average molecular weight is 164 g/mol. The summed E-state index contributed by atoms with van der Waals surface area (Å²) in [5.41, 5.74) is -2.48. The summed E-state index contributed by atoms with van der Waals surface area (Å²) in [5.74, 6) is -3.36. The van der Waals surface area contributed by atoms with Crippen molar-refractivity contribution in [3.8, 4) is 0 Å². The number of carbonyl (C=O) groups is 1. The van der Waals surface area contributed by atoms with Gasteiger partial charge in [-0.15, -0.1) is 0 Å². The first-order chi connectivity index (χ1) is 4.87. The SMILES string of the molecule is CCCC(O)(C=O)C(O)(O)O. The summed E-state index contributed by atoms with van der Waals surface area (Å²) in [6.45, 7) is 1.63. The molecule has 0 aromatic rings. The topological polar surface area (TPSA) is 98.0 Å². The maximum absolute atomic E-state index is 10.1. The first-order valence-corrected chi connectivity index (χ1v) is 3.23. The quantitative estimate of drug-likeness (QED) is 0.295. The summed E-state index contributed by atoms with van der Waals surface area (Å²) in [6.07, 6.45) is 0.0508. The fourth-order valence-corrected chi connectivity index (χ4v) is 0.687. The molecule has 0 saturated carbocycles. The Bertz CT molecular complexity index is 138. The van der Waals surface area contributed by atoms with E-state index in [4.69, 9.17) is 20.4 Å². The number of hydrogen-bond donors (Lipinski definition) is 4. The van der Waals surface area contributed by atoms with Gasteiger partial charge in [0.25, 0.3) is 0 Å². The molecule has 0 saturated heterocycles. The third-order valence-corrected chi connectivity index (χ3v) is 1.41. The van der Waals surface area contributed by atoms with Crippen molar-refractivity contribution < 1.29 is 25.2 Å². The van der Waals surface area contributed by atoms with E-state index in [2.05, 4.69) is 0 Å². The van der Waals surface area contributed by atoms with Gasteiger partial charge in [-0.3, -0.25) is 4.79 Å². The first kappa shape index (κ1) is 10.5. The summed E-state index contributed by atoms with van der Waals surface area (Å²) < 4.78 is 0. The smallest absolute Gasteiger partial charge is 0.313 e. The van der Waals surface area contributed by atoms with E-state index in [0.717, 1.165) is 0 Å². The van der Waals surface area contributed by atoms with Gasteiger partial charge in [0.1, 0.15) is 0 Å². The third kappa shape index (κ3) is 2.23. The molecule has 0 spiro atoms. The van der Waals surface area contributed by atoms with Gasteiger partial charge in [-0.2, -0.15) is 0 Å². The van der Waals surface area contributed by atoms with Crippen LogP contribution in [0, 0.1) is 0 Å². The highest BCUT2D eigenvalue weighted by molar-refractivity contribution is 5.63. The van der Waals surface area contributed by atoms with Crippen LogP contribution in [0.25, 0.3) is 0 Å². The standard InChI is InChI=1S/C6H12O5/c1-2-3-5(8,4-7)6(9,10)11/h4,8-11H,2-3H2,1H3. The second-order valence-corrected chi connectivity index (χ2v) is 2.43. The average Bonchev–Trinajstić information content (AvgIpc) is 1.86. The Morgan fingerprint density at radius 2 is 1.73 bits per heavy atom. The molecule has 11 heavy (non-hydrogen) atoms. The molecule has 0 aliphatic rings. The molecule has 0 heterocycles. The fourth-order valence-electron chi connectivity index (χ4n) is 0.687. The molecule has 0 rings (SSSR count). The summed E-state index contributed by atoms with van der Waals surface area (Å²) in [7, 11) is 0. The van der Waals surface area contributed by atoms with E-state index in [1.807, 2.05) is 0 Å². The highest BCUT2D eigenvalue weighted by atomic mass is 16.7. The Balaban J connectivity index is 4.46. The fraction of sp³-hybridized carbons (Fsp3) is 0.833. The predicted molar refractivity (Wildman–Crippen MR) is 35.3 cm³/mol. The van der Waals surface area contributed by atoms with Gasteiger partial charge < -0.3 is 20.4 Å². The molecule has 66 valence electrons. The minimum Gasteiger partial charge on any atom is -0.375 e. The summed E-state index contributed by atoms with van der Waals surface area (Å²) in [5, 5.41) is 34.5. The molecule has 0 aromatic carbocycles. The van der Waals surface area contributed by atoms with E-state index in [-0.39, 0.29) is 12.7 Å². The first-order valence-electron chi connectivity index (χ1n) is 3.23. The van der Waals surface area contributed by atoms with Crippen LogP contribution in [-0.4, -0.2) is 38.3 Å². The van der Waals surface area contributed by atoms with Gasteiger partial charge in [0.2, 0.25) is 5.60 Å². The Labute approximate surface area is 63.9 Å². The van der Waals surface area contributed by atoms with Crippen LogP contribution < -0.4 is 0 Å². The van der Waals surface area contributed by atoms with E-state index >= 15 is 0 Å². The lowest BCUT2D eigenvalue weighted by molar-refractivity contribution is -0.377. The van der Waals surface area contributed by atoms with Crippen molar-refractivity contribution in [2.45, 2.75) is 31.3 Å². The molecule has 0 aromatic heterocycles. The zero-order valence-electron chi connectivity index (χ0n) is 6.19. The maximum Gasteiger partial charge on any atom is 0.313 e. The molecule has 0 aliphatic heterocycles. The second kappa shape index (κ2) is 3.27. The van der Waals surface area contributed by atoms with Crippen molar-refractivity contribution in [3.05, 3.63) is 0 Å². The minimum atomic E-state index is -3.36. The van der Waals surface area contributed by atoms with Gasteiger partial charge in [0.05, 0.1) is 0 Å². The third-order valence-electron chi connectivity index (χ3n) is 1.41. The van der Waals surface area contributed by atoms with E-state index in [1.54, 1.807) is 6.92 Å². The zero-order valence-corrected chi connectivity index (χ0v) is 6.19. The molecule has 1 atom stereocenters. The zero-order chi connectivity index (χ0) is 9.12. The second-order valence-electron chi connectivity index (χ2n) is 2.43. The molecular weight excluding hydrogens is 152 g/mol. The van der Waals surface area contributed by atoms with E-state index in [9.17, 15) is 4.79 Å². The van der Waals surface area contributed by atoms with Crippen LogP contribution in [-0.2, 0) is 4.79 Å². The molecule has 1 unspecified atom stereocenters. The van der Waals surface area contributed by atoms with E-state index in [1.165, 1.54) is 0 Å². The van der Waals surface area contributed by atoms with Crippen molar-refractivity contribution in [3.63, 3.8) is 0 Å². The number of aliphatic hydroxyl groups is 4. The molecule has 0 aliphatic carbocycles. The summed E-state index contributed by atoms with van der Waals surface area (Å²) in [4.78, 5) is 10.1. The van der Waals surface area contributed by atoms with Crippen molar-refractivity contribution in [1.82, 2.24) is 0 Å². The van der Waals surface area contributed by atoms with Gasteiger partial charge in [0, 0.05) is 0 Å².